The van der Waals surface area contributed by atoms with E-state index in [9.17, 15) is 4.79 Å². The highest BCUT2D eigenvalue weighted by atomic mass is 17.0. The number of hydrogen-bond donors (Lipinski definition) is 1. The van der Waals surface area contributed by atoms with Crippen molar-refractivity contribution in [3.63, 3.8) is 0 Å². The van der Waals surface area contributed by atoms with E-state index < -0.39 is 0 Å². The zero-order valence-corrected chi connectivity index (χ0v) is 5.67. The first-order valence-corrected chi connectivity index (χ1v) is 2.36. The number of amides is 1. The van der Waals surface area contributed by atoms with Crippen molar-refractivity contribution in [3.05, 3.63) is 0 Å². The van der Waals surface area contributed by atoms with Gasteiger partial charge in [0.05, 0.1) is 14.2 Å². The van der Waals surface area contributed by atoms with Gasteiger partial charge >= 0.3 is 0 Å². The molecule has 0 fully saturated rings. The molecule has 1 N–H and O–H groups in total. The Morgan fingerprint density at radius 2 is 1.89 bits per heavy atom. The number of hydrazine groups is 1. The van der Waals surface area contributed by atoms with Crippen molar-refractivity contribution < 1.29 is 14.5 Å². The van der Waals surface area contributed by atoms with Gasteiger partial charge in [-0.15, -0.1) is 0 Å². The van der Waals surface area contributed by atoms with Gasteiger partial charge in [0.25, 0.3) is 0 Å². The topological polar surface area (TPSA) is 50.8 Å². The Balaban J connectivity index is 3.43. The average molecular weight is 134 g/mol. The van der Waals surface area contributed by atoms with Crippen LogP contribution in [0.25, 0.3) is 0 Å². The number of carbonyl (C=O) groups is 1. The monoisotopic (exact) mass is 134 g/mol. The van der Waals surface area contributed by atoms with Gasteiger partial charge in [-0.05, 0) is 0 Å². The minimum absolute atomic E-state index is 0.251. The van der Waals surface area contributed by atoms with Crippen LogP contribution in [0.1, 0.15) is 6.92 Å². The van der Waals surface area contributed by atoms with Crippen LogP contribution in [0.4, 0.5) is 0 Å². The van der Waals surface area contributed by atoms with Crippen molar-refractivity contribution >= 4 is 5.91 Å². The summed E-state index contributed by atoms with van der Waals surface area (Å²) in [6, 6.07) is 0. The maximum absolute atomic E-state index is 10.3. The molecule has 5 heteroatoms. The maximum atomic E-state index is 10.3. The fourth-order valence-corrected chi connectivity index (χ4v) is 0.294. The van der Waals surface area contributed by atoms with Crippen molar-refractivity contribution in [3.8, 4) is 0 Å². The predicted octanol–water partition coefficient (Wildman–Crippen LogP) is -0.538. The van der Waals surface area contributed by atoms with Crippen LogP contribution in [0.5, 0.6) is 0 Å². The molecule has 0 saturated carbocycles. The SMILES string of the molecule is CON(NC(C)=O)OC. The van der Waals surface area contributed by atoms with E-state index in [2.05, 4.69) is 15.1 Å². The van der Waals surface area contributed by atoms with E-state index >= 15 is 0 Å². The van der Waals surface area contributed by atoms with Gasteiger partial charge in [-0.3, -0.25) is 14.5 Å². The molecule has 0 aromatic rings. The standard InChI is InChI=1S/C4H10N2O3/c1-4(7)5-6(8-2)9-3/h1-3H3,(H,5,7). The highest BCUT2D eigenvalue weighted by Gasteiger charge is 1.99. The molecule has 9 heavy (non-hydrogen) atoms. The summed E-state index contributed by atoms with van der Waals surface area (Å²) < 4.78 is 0. The molecule has 0 atom stereocenters. The summed E-state index contributed by atoms with van der Waals surface area (Å²) in [5.41, 5.74) is 2.23. The summed E-state index contributed by atoms with van der Waals surface area (Å²) in [5, 5.41) is 0.850. The van der Waals surface area contributed by atoms with E-state index in [0.717, 1.165) is 5.34 Å². The first-order chi connectivity index (χ1) is 4.20. The molecule has 0 heterocycles. The van der Waals surface area contributed by atoms with E-state index in [0.29, 0.717) is 0 Å². The Bertz CT molecular complexity index is 91.8. The van der Waals surface area contributed by atoms with Gasteiger partial charge in [0.1, 0.15) is 0 Å². The molecule has 0 aromatic heterocycles. The van der Waals surface area contributed by atoms with Crippen molar-refractivity contribution in [1.29, 1.82) is 0 Å². The average Bonchev–Trinajstić information content (AvgIpc) is 1.82. The first-order valence-electron chi connectivity index (χ1n) is 2.36. The number of nitrogens with one attached hydrogen (secondary N) is 1. The van der Waals surface area contributed by atoms with Gasteiger partial charge in [0, 0.05) is 12.3 Å². The van der Waals surface area contributed by atoms with Crippen molar-refractivity contribution in [2.45, 2.75) is 6.92 Å². The summed E-state index contributed by atoms with van der Waals surface area (Å²) >= 11 is 0. The Hall–Kier alpha value is -0.650. The fraction of sp³-hybridized carbons (Fsp3) is 0.750. The zero-order valence-electron chi connectivity index (χ0n) is 5.67. The largest absolute Gasteiger partial charge is 0.274 e. The molecule has 1 amide bonds. The van der Waals surface area contributed by atoms with Crippen LogP contribution >= 0.6 is 0 Å². The molecule has 0 aromatic carbocycles. The number of nitrogens with zero attached hydrogens (tertiary/aromatic N) is 1. The molecule has 0 aliphatic carbocycles. The molecule has 0 rings (SSSR count). The van der Waals surface area contributed by atoms with Gasteiger partial charge in [-0.2, -0.15) is 0 Å². The van der Waals surface area contributed by atoms with Crippen LogP contribution in [0.2, 0.25) is 0 Å². The molecule has 0 bridgehead atoms. The molecule has 0 spiro atoms. The molecule has 5 nitrogen and oxygen atoms in total. The van der Waals surface area contributed by atoms with Crippen LogP contribution < -0.4 is 5.43 Å². The fourth-order valence-electron chi connectivity index (χ4n) is 0.294. The third-order valence-corrected chi connectivity index (χ3v) is 0.580. The van der Waals surface area contributed by atoms with Gasteiger partial charge in [-0.1, -0.05) is 0 Å². The van der Waals surface area contributed by atoms with Crippen molar-refractivity contribution in [2.24, 2.45) is 0 Å². The number of carbonyl (C=O) groups excluding carboxylic acids is 1. The minimum atomic E-state index is -0.251. The van der Waals surface area contributed by atoms with Crippen LogP contribution in [-0.4, -0.2) is 25.5 Å². The van der Waals surface area contributed by atoms with Gasteiger partial charge in [0.15, 0.2) is 0 Å². The van der Waals surface area contributed by atoms with Crippen molar-refractivity contribution in [2.75, 3.05) is 14.2 Å². The molecule has 0 radical (unpaired) electrons. The van der Waals surface area contributed by atoms with Gasteiger partial charge < -0.3 is 0 Å². The minimum Gasteiger partial charge on any atom is -0.274 e. The lowest BCUT2D eigenvalue weighted by atomic mass is 10.8. The second-order valence-electron chi connectivity index (χ2n) is 1.29. The lowest BCUT2D eigenvalue weighted by Crippen LogP contribution is -2.39. The van der Waals surface area contributed by atoms with Crippen LogP contribution in [0, 0.1) is 0 Å². The molecule has 0 aliphatic rings. The third kappa shape index (κ3) is 3.89. The summed E-state index contributed by atoms with van der Waals surface area (Å²) in [5.74, 6) is -0.251. The van der Waals surface area contributed by atoms with E-state index in [1.165, 1.54) is 21.1 Å². The maximum Gasteiger partial charge on any atom is 0.234 e. The summed E-state index contributed by atoms with van der Waals surface area (Å²) in [4.78, 5) is 19.2. The van der Waals surface area contributed by atoms with Gasteiger partial charge in [0.2, 0.25) is 5.91 Å². The molecule has 0 aliphatic heterocycles. The Morgan fingerprint density at radius 3 is 2.00 bits per heavy atom. The van der Waals surface area contributed by atoms with Crippen LogP contribution in [-0.2, 0) is 14.5 Å². The van der Waals surface area contributed by atoms with E-state index in [1.54, 1.807) is 0 Å². The Labute approximate surface area is 53.4 Å². The van der Waals surface area contributed by atoms with Crippen molar-refractivity contribution in [1.82, 2.24) is 10.8 Å². The Morgan fingerprint density at radius 1 is 1.44 bits per heavy atom. The van der Waals surface area contributed by atoms with Crippen LogP contribution in [0.3, 0.4) is 0 Å². The number of rotatable bonds is 3. The molecule has 0 unspecified atom stereocenters. The second-order valence-corrected chi connectivity index (χ2v) is 1.29. The van der Waals surface area contributed by atoms with E-state index in [1.807, 2.05) is 0 Å². The normalized spacial score (nSPS) is 9.78. The summed E-state index contributed by atoms with van der Waals surface area (Å²) in [6.45, 7) is 1.35. The summed E-state index contributed by atoms with van der Waals surface area (Å²) in [6.07, 6.45) is 0. The smallest absolute Gasteiger partial charge is 0.234 e. The quantitative estimate of drug-likeness (QED) is 0.527. The summed E-state index contributed by atoms with van der Waals surface area (Å²) in [7, 11) is 2.75. The molecular formula is C4H10N2O3. The second kappa shape index (κ2) is 4.25. The zero-order chi connectivity index (χ0) is 7.28. The highest BCUT2D eigenvalue weighted by Crippen LogP contribution is 1.78. The van der Waals surface area contributed by atoms with Gasteiger partial charge in [-0.25, -0.2) is 5.43 Å². The first kappa shape index (κ1) is 8.35. The van der Waals surface area contributed by atoms with Crippen LogP contribution in [0.15, 0.2) is 0 Å². The predicted molar refractivity (Wildman–Crippen MR) is 29.7 cm³/mol. The third-order valence-electron chi connectivity index (χ3n) is 0.580. The number of hydrogen-bond acceptors (Lipinski definition) is 4. The lowest BCUT2D eigenvalue weighted by Gasteiger charge is -2.14. The molecule has 0 saturated heterocycles. The lowest BCUT2D eigenvalue weighted by molar-refractivity contribution is -0.367. The molecule has 54 valence electrons. The Kier molecular flexibility index (Phi) is 3.94. The van der Waals surface area contributed by atoms with E-state index in [4.69, 9.17) is 0 Å². The molecular weight excluding hydrogens is 124 g/mol. The van der Waals surface area contributed by atoms with E-state index in [-0.39, 0.29) is 5.91 Å². The highest BCUT2D eigenvalue weighted by molar-refractivity contribution is 5.71.